The summed E-state index contributed by atoms with van der Waals surface area (Å²) < 4.78 is 6.03. The van der Waals surface area contributed by atoms with E-state index >= 15 is 0 Å². The Bertz CT molecular complexity index is 3440. The van der Waals surface area contributed by atoms with E-state index in [2.05, 4.69) is 181 Å². The van der Waals surface area contributed by atoms with Gasteiger partial charge in [0.1, 0.15) is 0 Å². The SMILES string of the molecule is Cc1cccc(-c2cccc(-c3cccc(-n4c(=O)n(-c5cccc(-c6cccc(-c7cccc(-n8c9ccccc9c9ccccc98)c7)c6)c5)c5ccccc54)c3)c2)c1. The zero-order valence-electron chi connectivity index (χ0n) is 33.0. The molecule has 0 unspecified atom stereocenters. The minimum atomic E-state index is -0.116. The van der Waals surface area contributed by atoms with Crippen LogP contribution in [0.15, 0.2) is 223 Å². The van der Waals surface area contributed by atoms with Gasteiger partial charge in [-0.25, -0.2) is 4.79 Å². The molecule has 284 valence electrons. The van der Waals surface area contributed by atoms with Gasteiger partial charge in [-0.3, -0.25) is 9.13 Å². The molecule has 0 amide bonds. The first kappa shape index (κ1) is 35.2. The molecule has 0 saturated carbocycles. The molecule has 0 fully saturated rings. The van der Waals surface area contributed by atoms with Crippen molar-refractivity contribution in [2.24, 2.45) is 0 Å². The molecule has 11 rings (SSSR count). The Balaban J connectivity index is 0.961. The second-order valence-electron chi connectivity index (χ2n) is 15.5. The summed E-state index contributed by atoms with van der Waals surface area (Å²) in [6.07, 6.45) is 0. The standard InChI is InChI=1S/C56H39N3O/c1-38-14-8-15-39(32-38)40-16-9-17-41(33-40)45-21-12-24-48(36-45)58-54-30-6-7-31-55(54)59(56(58)60)49-25-13-22-46(37-49)43-19-10-18-42(34-43)44-20-11-23-47(35-44)57-52-28-4-2-26-50(52)51-27-3-5-29-53(51)57/h2-37H,1H3. The quantitative estimate of drug-likeness (QED) is 0.159. The Hall–Kier alpha value is -7.95. The van der Waals surface area contributed by atoms with Crippen molar-refractivity contribution in [2.45, 2.75) is 6.92 Å². The second kappa shape index (κ2) is 14.5. The highest BCUT2D eigenvalue weighted by atomic mass is 16.1. The first-order valence-electron chi connectivity index (χ1n) is 20.4. The first-order chi connectivity index (χ1) is 29.6. The maximum Gasteiger partial charge on any atom is 0.338 e. The molecule has 4 nitrogen and oxygen atoms in total. The normalized spacial score (nSPS) is 11.5. The van der Waals surface area contributed by atoms with Crippen LogP contribution in [-0.4, -0.2) is 13.7 Å². The molecule has 4 heteroatoms. The summed E-state index contributed by atoms with van der Waals surface area (Å²) in [5.41, 5.74) is 16.8. The molecule has 0 saturated heterocycles. The van der Waals surface area contributed by atoms with Gasteiger partial charge in [-0.15, -0.1) is 0 Å². The third-order valence-corrected chi connectivity index (χ3v) is 11.7. The maximum absolute atomic E-state index is 14.7. The van der Waals surface area contributed by atoms with Crippen molar-refractivity contribution in [3.05, 3.63) is 234 Å². The lowest BCUT2D eigenvalue weighted by atomic mass is 9.98. The van der Waals surface area contributed by atoms with E-state index in [4.69, 9.17) is 0 Å². The van der Waals surface area contributed by atoms with Crippen LogP contribution in [0.2, 0.25) is 0 Å². The summed E-state index contributed by atoms with van der Waals surface area (Å²) in [6.45, 7) is 2.12. The van der Waals surface area contributed by atoms with E-state index in [0.29, 0.717) is 0 Å². The zero-order valence-corrected chi connectivity index (χ0v) is 33.0. The summed E-state index contributed by atoms with van der Waals surface area (Å²) in [6, 6.07) is 76.5. The molecule has 11 aromatic rings. The number of para-hydroxylation sites is 4. The minimum Gasteiger partial charge on any atom is -0.309 e. The monoisotopic (exact) mass is 769 g/mol. The molecule has 0 atom stereocenters. The Labute approximate surface area is 348 Å². The largest absolute Gasteiger partial charge is 0.338 e. The van der Waals surface area contributed by atoms with E-state index in [9.17, 15) is 4.79 Å². The van der Waals surface area contributed by atoms with Gasteiger partial charge >= 0.3 is 5.69 Å². The van der Waals surface area contributed by atoms with Crippen LogP contribution in [0.25, 0.3) is 94.4 Å². The predicted octanol–water partition coefficient (Wildman–Crippen LogP) is 13.9. The van der Waals surface area contributed by atoms with Gasteiger partial charge in [0.2, 0.25) is 0 Å². The molecule has 0 aliphatic carbocycles. The Morgan fingerprint density at radius 2 is 0.600 bits per heavy atom. The van der Waals surface area contributed by atoms with Crippen molar-refractivity contribution in [3.63, 3.8) is 0 Å². The average Bonchev–Trinajstić information content (AvgIpc) is 3.80. The lowest BCUT2D eigenvalue weighted by molar-refractivity contribution is 0.931. The molecule has 60 heavy (non-hydrogen) atoms. The van der Waals surface area contributed by atoms with Gasteiger partial charge in [-0.05, 0) is 124 Å². The third kappa shape index (κ3) is 6.05. The number of aryl methyl sites for hydroxylation is 1. The van der Waals surface area contributed by atoms with Crippen molar-refractivity contribution >= 4 is 32.8 Å². The van der Waals surface area contributed by atoms with Gasteiger partial charge in [0.25, 0.3) is 0 Å². The number of benzene rings is 9. The number of hydrogen-bond acceptors (Lipinski definition) is 1. The van der Waals surface area contributed by atoms with Crippen molar-refractivity contribution in [2.75, 3.05) is 0 Å². The summed E-state index contributed by atoms with van der Waals surface area (Å²) in [7, 11) is 0. The molecule has 9 aromatic carbocycles. The molecular weight excluding hydrogens is 731 g/mol. The number of nitrogens with zero attached hydrogens (tertiary/aromatic N) is 3. The van der Waals surface area contributed by atoms with Gasteiger partial charge in [0.05, 0.1) is 33.4 Å². The van der Waals surface area contributed by atoms with Crippen LogP contribution in [0.1, 0.15) is 5.56 Å². The molecule has 0 aliphatic heterocycles. The van der Waals surface area contributed by atoms with E-state index in [0.717, 1.165) is 67.0 Å². The van der Waals surface area contributed by atoms with Gasteiger partial charge in [0, 0.05) is 16.5 Å². The first-order valence-corrected chi connectivity index (χ1v) is 20.4. The van der Waals surface area contributed by atoms with Crippen LogP contribution in [0.3, 0.4) is 0 Å². The molecule has 0 bridgehead atoms. The number of rotatable bonds is 7. The molecule has 2 aromatic heterocycles. The summed E-state index contributed by atoms with van der Waals surface area (Å²) in [4.78, 5) is 14.7. The van der Waals surface area contributed by atoms with E-state index in [1.54, 1.807) is 0 Å². The van der Waals surface area contributed by atoms with Crippen LogP contribution in [-0.2, 0) is 0 Å². The minimum absolute atomic E-state index is 0.116. The fourth-order valence-electron chi connectivity index (χ4n) is 8.90. The van der Waals surface area contributed by atoms with Crippen LogP contribution in [0.5, 0.6) is 0 Å². The van der Waals surface area contributed by atoms with Gasteiger partial charge in [0.15, 0.2) is 0 Å². The highest BCUT2D eigenvalue weighted by molar-refractivity contribution is 6.09. The summed E-state index contributed by atoms with van der Waals surface area (Å²) in [5, 5.41) is 2.49. The van der Waals surface area contributed by atoms with Crippen molar-refractivity contribution < 1.29 is 0 Å². The van der Waals surface area contributed by atoms with Gasteiger partial charge in [-0.2, -0.15) is 0 Å². The van der Waals surface area contributed by atoms with E-state index in [1.807, 2.05) is 57.7 Å². The van der Waals surface area contributed by atoms with E-state index in [-0.39, 0.29) is 5.69 Å². The van der Waals surface area contributed by atoms with E-state index in [1.165, 1.54) is 32.9 Å². The predicted molar refractivity (Wildman–Crippen MR) is 250 cm³/mol. The Morgan fingerprint density at radius 3 is 1.02 bits per heavy atom. The van der Waals surface area contributed by atoms with Crippen LogP contribution < -0.4 is 5.69 Å². The number of hydrogen-bond donors (Lipinski definition) is 0. The van der Waals surface area contributed by atoms with Crippen molar-refractivity contribution in [1.29, 1.82) is 0 Å². The topological polar surface area (TPSA) is 31.9 Å². The average molecular weight is 770 g/mol. The molecule has 0 N–H and O–H groups in total. The third-order valence-electron chi connectivity index (χ3n) is 11.7. The Kier molecular flexibility index (Phi) is 8.49. The van der Waals surface area contributed by atoms with Crippen molar-refractivity contribution in [1.82, 2.24) is 13.7 Å². The van der Waals surface area contributed by atoms with Crippen LogP contribution >= 0.6 is 0 Å². The molecule has 0 radical (unpaired) electrons. The van der Waals surface area contributed by atoms with Crippen molar-refractivity contribution in [3.8, 4) is 61.6 Å². The molecule has 0 aliphatic rings. The van der Waals surface area contributed by atoms with Crippen LogP contribution in [0, 0.1) is 6.92 Å². The lowest BCUT2D eigenvalue weighted by Gasteiger charge is -2.12. The summed E-state index contributed by atoms with van der Waals surface area (Å²) in [5.74, 6) is 0. The molecule has 0 spiro atoms. The fourth-order valence-corrected chi connectivity index (χ4v) is 8.90. The zero-order chi connectivity index (χ0) is 40.2. The maximum atomic E-state index is 14.7. The number of imidazole rings is 1. The highest BCUT2D eigenvalue weighted by Gasteiger charge is 2.18. The van der Waals surface area contributed by atoms with Gasteiger partial charge < -0.3 is 4.57 Å². The fraction of sp³-hybridized carbons (Fsp3) is 0.0179. The molecule has 2 heterocycles. The van der Waals surface area contributed by atoms with E-state index < -0.39 is 0 Å². The summed E-state index contributed by atoms with van der Waals surface area (Å²) >= 11 is 0. The molecular formula is C56H39N3O. The van der Waals surface area contributed by atoms with Crippen LogP contribution in [0.4, 0.5) is 0 Å². The Morgan fingerprint density at radius 1 is 0.283 bits per heavy atom. The smallest absolute Gasteiger partial charge is 0.309 e. The second-order valence-corrected chi connectivity index (χ2v) is 15.5. The number of fused-ring (bicyclic) bond motifs is 4. The lowest BCUT2D eigenvalue weighted by Crippen LogP contribution is -2.22. The highest BCUT2D eigenvalue weighted by Crippen LogP contribution is 2.35. The number of aromatic nitrogens is 3. The van der Waals surface area contributed by atoms with Gasteiger partial charge in [-0.1, -0.05) is 151 Å².